The van der Waals surface area contributed by atoms with Crippen LogP contribution in [0.5, 0.6) is 0 Å². The Hall–Kier alpha value is -1.63. The molecular formula is C15H16N2O. The summed E-state index contributed by atoms with van der Waals surface area (Å²) in [7, 11) is 1.99. The molecule has 0 aromatic heterocycles. The Balaban J connectivity index is 2.03. The summed E-state index contributed by atoms with van der Waals surface area (Å²) < 4.78 is 0. The van der Waals surface area contributed by atoms with Crippen LogP contribution in [0.4, 0.5) is 0 Å². The molecule has 1 saturated heterocycles. The molecule has 2 aliphatic heterocycles. The number of aliphatic hydroxyl groups is 1. The molecule has 2 heterocycles. The van der Waals surface area contributed by atoms with Crippen LogP contribution >= 0.6 is 0 Å². The van der Waals surface area contributed by atoms with Crippen molar-refractivity contribution in [1.29, 1.82) is 5.26 Å². The lowest BCUT2D eigenvalue weighted by Crippen LogP contribution is -2.44. The van der Waals surface area contributed by atoms with Crippen molar-refractivity contribution < 1.29 is 5.11 Å². The van der Waals surface area contributed by atoms with Crippen LogP contribution in [0.1, 0.15) is 12.0 Å². The van der Waals surface area contributed by atoms with Gasteiger partial charge in [0.25, 0.3) is 0 Å². The lowest BCUT2D eigenvalue weighted by Gasteiger charge is -2.34. The zero-order valence-electron chi connectivity index (χ0n) is 10.3. The lowest BCUT2D eigenvalue weighted by atomic mass is 9.92. The van der Waals surface area contributed by atoms with Crippen LogP contribution in [0, 0.1) is 17.2 Å². The number of aliphatic hydroxyl groups excluding tert-OH is 1. The molecule has 1 fully saturated rings. The number of rotatable bonds is 1. The summed E-state index contributed by atoms with van der Waals surface area (Å²) in [5, 5.41) is 19.7. The second kappa shape index (κ2) is 4.24. The van der Waals surface area contributed by atoms with E-state index in [0.29, 0.717) is 0 Å². The maximum absolute atomic E-state index is 10.5. The van der Waals surface area contributed by atoms with E-state index in [1.165, 1.54) is 0 Å². The van der Waals surface area contributed by atoms with Crippen molar-refractivity contribution >= 4 is 5.57 Å². The molecule has 0 aliphatic carbocycles. The largest absolute Gasteiger partial charge is 0.387 e. The van der Waals surface area contributed by atoms with Gasteiger partial charge < -0.3 is 5.11 Å². The molecule has 92 valence electrons. The van der Waals surface area contributed by atoms with E-state index in [0.717, 1.165) is 17.6 Å². The van der Waals surface area contributed by atoms with Crippen LogP contribution in [0.3, 0.4) is 0 Å². The first kappa shape index (κ1) is 11.5. The summed E-state index contributed by atoms with van der Waals surface area (Å²) >= 11 is 0. The zero-order valence-corrected chi connectivity index (χ0v) is 10.3. The van der Waals surface area contributed by atoms with Crippen molar-refractivity contribution in [2.45, 2.75) is 24.6 Å². The Morgan fingerprint density at radius 3 is 2.72 bits per heavy atom. The van der Waals surface area contributed by atoms with Crippen LogP contribution < -0.4 is 0 Å². The maximum Gasteiger partial charge on any atom is 0.0949 e. The Morgan fingerprint density at radius 1 is 1.33 bits per heavy atom. The van der Waals surface area contributed by atoms with Crippen LogP contribution in [0.2, 0.25) is 0 Å². The fourth-order valence-corrected chi connectivity index (χ4v) is 3.17. The molecule has 1 aromatic carbocycles. The second-order valence-corrected chi connectivity index (χ2v) is 5.13. The molecule has 0 spiro atoms. The van der Waals surface area contributed by atoms with E-state index in [1.807, 2.05) is 37.4 Å². The van der Waals surface area contributed by atoms with Crippen LogP contribution in [0.25, 0.3) is 5.57 Å². The topological polar surface area (TPSA) is 47.3 Å². The third-order valence-electron chi connectivity index (χ3n) is 4.21. The van der Waals surface area contributed by atoms with Crippen molar-refractivity contribution in [2.75, 3.05) is 7.05 Å². The van der Waals surface area contributed by atoms with Gasteiger partial charge in [0.2, 0.25) is 0 Å². The first-order valence-electron chi connectivity index (χ1n) is 6.29. The summed E-state index contributed by atoms with van der Waals surface area (Å²) in [6, 6.07) is 12.5. The quantitative estimate of drug-likeness (QED) is 0.812. The normalized spacial score (nSPS) is 35.1. The Labute approximate surface area is 107 Å². The first-order chi connectivity index (χ1) is 8.72. The van der Waals surface area contributed by atoms with Crippen LogP contribution in [-0.2, 0) is 0 Å². The summed E-state index contributed by atoms with van der Waals surface area (Å²) in [5.74, 6) is -0.00383. The van der Waals surface area contributed by atoms with Gasteiger partial charge in [0.15, 0.2) is 0 Å². The molecule has 4 atom stereocenters. The van der Waals surface area contributed by atoms with E-state index in [-0.39, 0.29) is 18.0 Å². The minimum atomic E-state index is -0.494. The van der Waals surface area contributed by atoms with Crippen LogP contribution in [-0.4, -0.2) is 35.2 Å². The highest BCUT2D eigenvalue weighted by Gasteiger charge is 2.46. The van der Waals surface area contributed by atoms with E-state index in [2.05, 4.69) is 17.0 Å². The highest BCUT2D eigenvalue weighted by molar-refractivity contribution is 5.71. The first-order valence-corrected chi connectivity index (χ1v) is 6.29. The Bertz CT molecular complexity index is 517. The molecule has 1 N–H and O–H groups in total. The van der Waals surface area contributed by atoms with Crippen molar-refractivity contribution in [3.63, 3.8) is 0 Å². The minimum absolute atomic E-state index is 0.00383. The third-order valence-corrected chi connectivity index (χ3v) is 4.21. The van der Waals surface area contributed by atoms with Crippen molar-refractivity contribution in [2.24, 2.45) is 5.92 Å². The SMILES string of the molecule is CN1[C@@H]2C=C(c3ccccc3)[C@H](O)[C@H]1C[C@@H]2C#N. The van der Waals surface area contributed by atoms with Crippen LogP contribution in [0.15, 0.2) is 36.4 Å². The molecule has 2 bridgehead atoms. The third kappa shape index (κ3) is 1.58. The number of fused-ring (bicyclic) bond motifs is 2. The van der Waals surface area contributed by atoms with Gasteiger partial charge in [0.05, 0.1) is 18.1 Å². The monoisotopic (exact) mass is 240 g/mol. The molecule has 0 radical (unpaired) electrons. The van der Waals surface area contributed by atoms with Gasteiger partial charge in [-0.3, -0.25) is 4.90 Å². The lowest BCUT2D eigenvalue weighted by molar-refractivity contribution is 0.110. The molecule has 0 amide bonds. The van der Waals surface area contributed by atoms with Gasteiger partial charge in [-0.15, -0.1) is 0 Å². The number of nitrogens with zero attached hydrogens (tertiary/aromatic N) is 2. The molecule has 1 aromatic rings. The van der Waals surface area contributed by atoms with Gasteiger partial charge in [-0.05, 0) is 24.6 Å². The Morgan fingerprint density at radius 2 is 2.06 bits per heavy atom. The predicted octanol–water partition coefficient (Wildman–Crippen LogP) is 1.66. The summed E-state index contributed by atoms with van der Waals surface area (Å²) in [5.41, 5.74) is 2.04. The average Bonchev–Trinajstić information content (AvgIpc) is 2.63. The minimum Gasteiger partial charge on any atom is -0.387 e. The molecule has 18 heavy (non-hydrogen) atoms. The number of likely N-dealkylation sites (N-methyl/N-ethyl adjacent to an activating group) is 1. The average molecular weight is 240 g/mol. The number of hydrogen-bond donors (Lipinski definition) is 1. The highest BCUT2D eigenvalue weighted by atomic mass is 16.3. The molecular weight excluding hydrogens is 224 g/mol. The van der Waals surface area contributed by atoms with Crippen molar-refractivity contribution in [3.05, 3.63) is 42.0 Å². The number of nitriles is 1. The van der Waals surface area contributed by atoms with E-state index < -0.39 is 6.10 Å². The van der Waals surface area contributed by atoms with Crippen molar-refractivity contribution in [1.82, 2.24) is 4.90 Å². The van der Waals surface area contributed by atoms with Gasteiger partial charge in [0, 0.05) is 12.1 Å². The van der Waals surface area contributed by atoms with Gasteiger partial charge in [-0.1, -0.05) is 36.4 Å². The number of hydrogen-bond acceptors (Lipinski definition) is 3. The van der Waals surface area contributed by atoms with E-state index in [9.17, 15) is 10.4 Å². The second-order valence-electron chi connectivity index (χ2n) is 5.13. The number of benzene rings is 1. The molecule has 0 unspecified atom stereocenters. The molecule has 3 rings (SSSR count). The molecule has 0 saturated carbocycles. The maximum atomic E-state index is 10.5. The van der Waals surface area contributed by atoms with E-state index in [4.69, 9.17) is 0 Å². The predicted molar refractivity (Wildman–Crippen MR) is 69.5 cm³/mol. The standard InChI is InChI=1S/C15H16N2O/c1-17-13-8-12(10-5-3-2-4-6-10)15(18)14(17)7-11(13)9-16/h2-6,8,11,13-15,18H,7H2,1H3/t11-,13-,14-,15+/m1/s1. The highest BCUT2D eigenvalue weighted by Crippen LogP contribution is 2.40. The van der Waals surface area contributed by atoms with Gasteiger partial charge in [0.1, 0.15) is 0 Å². The Kier molecular flexibility index (Phi) is 2.70. The molecule has 2 aliphatic rings. The smallest absolute Gasteiger partial charge is 0.0949 e. The van der Waals surface area contributed by atoms with E-state index >= 15 is 0 Å². The summed E-state index contributed by atoms with van der Waals surface area (Å²) in [6.45, 7) is 0. The van der Waals surface area contributed by atoms with Gasteiger partial charge in [-0.25, -0.2) is 0 Å². The van der Waals surface area contributed by atoms with Crippen molar-refractivity contribution in [3.8, 4) is 6.07 Å². The summed E-state index contributed by atoms with van der Waals surface area (Å²) in [6.07, 6.45) is 2.33. The van der Waals surface area contributed by atoms with E-state index in [1.54, 1.807) is 0 Å². The zero-order chi connectivity index (χ0) is 12.7. The van der Waals surface area contributed by atoms with Gasteiger partial charge in [-0.2, -0.15) is 5.26 Å². The molecule has 3 nitrogen and oxygen atoms in total. The van der Waals surface area contributed by atoms with Gasteiger partial charge >= 0.3 is 0 Å². The fourth-order valence-electron chi connectivity index (χ4n) is 3.17. The fraction of sp³-hybridized carbons (Fsp3) is 0.400. The molecule has 3 heteroatoms. The summed E-state index contributed by atoms with van der Waals surface area (Å²) in [4.78, 5) is 2.13.